The number of rotatable bonds is 18. The van der Waals surface area contributed by atoms with Crippen molar-refractivity contribution in [1.29, 1.82) is 0 Å². The minimum absolute atomic E-state index is 0.160. The van der Waals surface area contributed by atoms with E-state index in [0.29, 0.717) is 19.0 Å². The highest BCUT2D eigenvalue weighted by atomic mass is 32.2. The highest BCUT2D eigenvalue weighted by Gasteiger charge is 2.56. The van der Waals surface area contributed by atoms with Gasteiger partial charge < -0.3 is 9.47 Å². The van der Waals surface area contributed by atoms with Crippen LogP contribution in [0.2, 0.25) is 0 Å². The van der Waals surface area contributed by atoms with Gasteiger partial charge in [-0.3, -0.25) is 0 Å². The molecule has 2 nitrogen and oxygen atoms in total. The van der Waals surface area contributed by atoms with Gasteiger partial charge in [-0.15, -0.1) is 0 Å². The van der Waals surface area contributed by atoms with Crippen molar-refractivity contribution in [2.24, 2.45) is 0 Å². The van der Waals surface area contributed by atoms with Crippen molar-refractivity contribution in [1.82, 2.24) is 0 Å². The zero-order valence-electron chi connectivity index (χ0n) is 26.6. The molecule has 0 spiro atoms. The van der Waals surface area contributed by atoms with E-state index in [9.17, 15) is 22.0 Å². The maximum absolute atomic E-state index is 13.0. The number of hydrogen-bond donors (Lipinski definition) is 0. The average molecular weight is 669 g/mol. The van der Waals surface area contributed by atoms with Crippen molar-refractivity contribution >= 4 is 22.9 Å². The van der Waals surface area contributed by atoms with Crippen molar-refractivity contribution in [3.63, 3.8) is 0 Å². The molecule has 4 aromatic carbocycles. The van der Waals surface area contributed by atoms with E-state index in [1.807, 2.05) is 60.7 Å². The molecule has 8 heteroatoms. The van der Waals surface area contributed by atoms with Gasteiger partial charge in [0.1, 0.15) is 18.1 Å². The summed E-state index contributed by atoms with van der Waals surface area (Å²) in [5.41, 5.74) is 6.86. The van der Waals surface area contributed by atoms with Crippen LogP contribution >= 0.6 is 11.8 Å². The Morgan fingerprint density at radius 3 is 1.72 bits per heavy atom. The van der Waals surface area contributed by atoms with E-state index in [4.69, 9.17) is 9.47 Å². The Morgan fingerprint density at radius 2 is 1.15 bits per heavy atom. The van der Waals surface area contributed by atoms with Crippen molar-refractivity contribution in [2.75, 3.05) is 18.1 Å². The van der Waals surface area contributed by atoms with Gasteiger partial charge in [0.05, 0.1) is 6.61 Å². The summed E-state index contributed by atoms with van der Waals surface area (Å²) >= 11 is 1.41. The molecular formula is C39H41F5O2S. The molecule has 0 atom stereocenters. The zero-order chi connectivity index (χ0) is 33.5. The molecular weight excluding hydrogens is 627 g/mol. The van der Waals surface area contributed by atoms with E-state index in [0.717, 1.165) is 65.2 Å². The van der Waals surface area contributed by atoms with Gasteiger partial charge in [0.25, 0.3) is 0 Å². The van der Waals surface area contributed by atoms with Crippen LogP contribution in [-0.4, -0.2) is 30.2 Å². The summed E-state index contributed by atoms with van der Waals surface area (Å²) in [4.78, 5) is 0. The number of benzene rings is 4. The summed E-state index contributed by atoms with van der Waals surface area (Å²) in [7, 11) is 0. The molecule has 4 aromatic rings. The van der Waals surface area contributed by atoms with Crippen LogP contribution in [0.1, 0.15) is 67.7 Å². The van der Waals surface area contributed by atoms with E-state index in [1.54, 1.807) is 0 Å². The van der Waals surface area contributed by atoms with Crippen molar-refractivity contribution in [3.05, 3.63) is 131 Å². The van der Waals surface area contributed by atoms with Gasteiger partial charge in [0, 0.05) is 6.42 Å². The highest BCUT2D eigenvalue weighted by molar-refractivity contribution is 7.99. The van der Waals surface area contributed by atoms with Gasteiger partial charge in [-0.1, -0.05) is 91.9 Å². The molecule has 0 radical (unpaired) electrons. The van der Waals surface area contributed by atoms with Crippen LogP contribution < -0.4 is 9.47 Å². The third kappa shape index (κ3) is 11.2. The molecule has 0 aliphatic rings. The Balaban J connectivity index is 1.31. The van der Waals surface area contributed by atoms with Crippen LogP contribution in [0.5, 0.6) is 11.5 Å². The fourth-order valence-electron chi connectivity index (χ4n) is 5.17. The lowest BCUT2D eigenvalue weighted by Crippen LogP contribution is -2.36. The molecule has 0 saturated carbocycles. The van der Waals surface area contributed by atoms with Crippen molar-refractivity contribution in [2.45, 2.75) is 64.2 Å². The van der Waals surface area contributed by atoms with E-state index >= 15 is 0 Å². The molecule has 0 amide bonds. The van der Waals surface area contributed by atoms with Crippen LogP contribution in [0, 0.1) is 0 Å². The summed E-state index contributed by atoms with van der Waals surface area (Å²) in [6, 6.07) is 36.9. The predicted molar refractivity (Wildman–Crippen MR) is 183 cm³/mol. The fourth-order valence-corrected chi connectivity index (χ4v) is 6.13. The topological polar surface area (TPSA) is 18.5 Å². The van der Waals surface area contributed by atoms with Gasteiger partial charge >= 0.3 is 12.1 Å². The summed E-state index contributed by atoms with van der Waals surface area (Å²) in [6.07, 6.45) is -3.37. The van der Waals surface area contributed by atoms with Crippen LogP contribution in [0.15, 0.2) is 109 Å². The molecule has 0 aliphatic heterocycles. The highest BCUT2D eigenvalue weighted by Crippen LogP contribution is 2.39. The Kier molecular flexibility index (Phi) is 13.8. The van der Waals surface area contributed by atoms with Crippen LogP contribution in [0.3, 0.4) is 0 Å². The second kappa shape index (κ2) is 17.9. The van der Waals surface area contributed by atoms with Crippen molar-refractivity contribution in [3.8, 4) is 11.5 Å². The Bertz CT molecular complexity index is 1500. The fraction of sp³-hybridized carbons (Fsp3) is 0.333. The van der Waals surface area contributed by atoms with Crippen LogP contribution in [-0.2, 0) is 6.61 Å². The van der Waals surface area contributed by atoms with E-state index in [2.05, 4.69) is 55.5 Å². The molecule has 0 fully saturated rings. The number of hydrogen-bond acceptors (Lipinski definition) is 3. The largest absolute Gasteiger partial charge is 0.494 e. The van der Waals surface area contributed by atoms with E-state index in [1.165, 1.54) is 22.9 Å². The zero-order valence-corrected chi connectivity index (χ0v) is 27.4. The maximum atomic E-state index is 13.0. The molecule has 0 N–H and O–H groups in total. The van der Waals surface area contributed by atoms with E-state index < -0.39 is 18.5 Å². The van der Waals surface area contributed by atoms with Crippen molar-refractivity contribution < 1.29 is 31.4 Å². The normalized spacial score (nSPS) is 12.5. The molecule has 0 bridgehead atoms. The third-order valence-electron chi connectivity index (χ3n) is 7.71. The number of unbranched alkanes of at least 4 members (excludes halogenated alkanes) is 2. The first kappa shape index (κ1) is 36.1. The second-order valence-corrected chi connectivity index (χ2v) is 12.4. The SMILES string of the molecule is CC/C(=C(\c1ccc(OCCCCCSCCCC(F)(F)C(F)(F)F)cc1)c1ccc(OCc2ccccc2)cc1)c1ccccc1. The molecule has 0 aliphatic carbocycles. The molecule has 0 heterocycles. The quantitative estimate of drug-likeness (QED) is 0.0597. The lowest BCUT2D eigenvalue weighted by atomic mass is 9.88. The lowest BCUT2D eigenvalue weighted by Gasteiger charge is -2.19. The lowest BCUT2D eigenvalue weighted by molar-refractivity contribution is -0.284. The minimum atomic E-state index is -5.47. The average Bonchev–Trinajstić information content (AvgIpc) is 3.08. The maximum Gasteiger partial charge on any atom is 0.453 e. The molecule has 47 heavy (non-hydrogen) atoms. The first-order valence-electron chi connectivity index (χ1n) is 16.0. The molecule has 0 aromatic heterocycles. The smallest absolute Gasteiger partial charge is 0.453 e. The van der Waals surface area contributed by atoms with Gasteiger partial charge in [0.15, 0.2) is 0 Å². The predicted octanol–water partition coefficient (Wildman–Crippen LogP) is 11.9. The number of allylic oxidation sites excluding steroid dienone is 1. The van der Waals surface area contributed by atoms with E-state index in [-0.39, 0.29) is 6.42 Å². The molecule has 250 valence electrons. The monoisotopic (exact) mass is 668 g/mol. The first-order valence-corrected chi connectivity index (χ1v) is 17.1. The Morgan fingerprint density at radius 1 is 0.596 bits per heavy atom. The standard InChI is InChI=1S/C39H41F5O2S/c1-2-36(31-15-8-4-9-16-31)37(33-19-23-35(24-20-33)46-29-30-13-6-3-7-14-30)32-17-21-34(22-18-32)45-26-10-5-11-27-47-28-12-25-38(40,41)39(42,43)44/h3-4,6-9,13-24H,2,5,10-12,25-29H2,1H3/b37-36-. The number of halogens is 5. The summed E-state index contributed by atoms with van der Waals surface area (Å²) in [5.74, 6) is -2.01. The van der Waals surface area contributed by atoms with Gasteiger partial charge in [-0.2, -0.15) is 33.7 Å². The molecule has 4 rings (SSSR count). The third-order valence-corrected chi connectivity index (χ3v) is 8.86. The first-order chi connectivity index (χ1) is 22.7. The van der Waals surface area contributed by atoms with Gasteiger partial charge in [0.2, 0.25) is 0 Å². The van der Waals surface area contributed by atoms with Crippen LogP contribution in [0.25, 0.3) is 11.1 Å². The Labute approximate surface area is 279 Å². The molecule has 0 saturated heterocycles. The summed E-state index contributed by atoms with van der Waals surface area (Å²) < 4.78 is 74.7. The van der Waals surface area contributed by atoms with Gasteiger partial charge in [-0.25, -0.2) is 0 Å². The molecule has 0 unspecified atom stereocenters. The minimum Gasteiger partial charge on any atom is -0.494 e. The second-order valence-electron chi connectivity index (χ2n) is 11.2. The van der Waals surface area contributed by atoms with Crippen LogP contribution in [0.4, 0.5) is 22.0 Å². The Hall–Kier alpha value is -3.78. The number of ether oxygens (including phenoxy) is 2. The number of alkyl halides is 5. The number of thioether (sulfide) groups is 1. The van der Waals surface area contributed by atoms with Gasteiger partial charge in [-0.05, 0) is 101 Å². The summed E-state index contributed by atoms with van der Waals surface area (Å²) in [6.45, 7) is 3.22. The summed E-state index contributed by atoms with van der Waals surface area (Å²) in [5, 5.41) is 0.